The number of nitrogens with zero attached hydrogens (tertiary/aromatic N) is 2. The van der Waals surface area contributed by atoms with E-state index in [1.165, 1.54) is 17.2 Å². The standard InChI is InChI=1S/C26H25ClFN3O3/c1-15(2)34-23-8-4-3-7-19(23)26(33)31(24(25(29)32)16-6-5-11-30-14-16)22-10-9-18-20(22)12-17(27)13-21(18)28/h3-8,11-15,22,24H,9-10H2,1-2H3,(H2,29,32)/t22-,24?/m1/s1. The molecule has 0 fully saturated rings. The Hall–Kier alpha value is -3.45. The predicted molar refractivity (Wildman–Crippen MR) is 127 cm³/mol. The number of halogens is 2. The fourth-order valence-electron chi connectivity index (χ4n) is 4.49. The number of ether oxygens (including phenoxy) is 1. The molecule has 2 amide bonds. The molecule has 1 heterocycles. The second-order valence-electron chi connectivity index (χ2n) is 8.48. The van der Waals surface area contributed by atoms with E-state index < -0.39 is 29.7 Å². The van der Waals surface area contributed by atoms with Gasteiger partial charge in [0.2, 0.25) is 5.91 Å². The number of aromatic nitrogens is 1. The first-order valence-electron chi connectivity index (χ1n) is 11.0. The number of pyridine rings is 1. The van der Waals surface area contributed by atoms with E-state index in [4.69, 9.17) is 22.1 Å². The maximum absolute atomic E-state index is 14.7. The Balaban J connectivity index is 1.89. The van der Waals surface area contributed by atoms with Crippen LogP contribution in [0.1, 0.15) is 59.4 Å². The first-order chi connectivity index (χ1) is 16.3. The second-order valence-corrected chi connectivity index (χ2v) is 8.91. The van der Waals surface area contributed by atoms with Gasteiger partial charge in [-0.3, -0.25) is 14.6 Å². The van der Waals surface area contributed by atoms with Crippen LogP contribution >= 0.6 is 11.6 Å². The van der Waals surface area contributed by atoms with Crippen molar-refractivity contribution in [1.29, 1.82) is 0 Å². The van der Waals surface area contributed by atoms with Gasteiger partial charge in [0.1, 0.15) is 17.6 Å². The Bertz CT molecular complexity index is 1220. The Labute approximate surface area is 202 Å². The fourth-order valence-corrected chi connectivity index (χ4v) is 4.70. The number of benzene rings is 2. The first kappa shape index (κ1) is 23.7. The van der Waals surface area contributed by atoms with Crippen LogP contribution < -0.4 is 10.5 Å². The van der Waals surface area contributed by atoms with Crippen molar-refractivity contribution >= 4 is 23.4 Å². The van der Waals surface area contributed by atoms with E-state index in [-0.39, 0.29) is 16.7 Å². The third-order valence-corrected chi connectivity index (χ3v) is 6.04. The lowest BCUT2D eigenvalue weighted by Crippen LogP contribution is -2.43. The van der Waals surface area contributed by atoms with Gasteiger partial charge in [-0.05, 0) is 68.1 Å². The molecule has 0 saturated carbocycles. The average Bonchev–Trinajstić information content (AvgIpc) is 3.21. The van der Waals surface area contributed by atoms with E-state index in [9.17, 15) is 14.0 Å². The molecule has 176 valence electrons. The molecule has 0 radical (unpaired) electrons. The molecule has 2 N–H and O–H groups in total. The van der Waals surface area contributed by atoms with Crippen LogP contribution in [0.4, 0.5) is 4.39 Å². The molecule has 2 atom stereocenters. The van der Waals surface area contributed by atoms with Gasteiger partial charge in [0.25, 0.3) is 5.91 Å². The molecule has 0 spiro atoms. The molecule has 34 heavy (non-hydrogen) atoms. The molecule has 4 rings (SSSR count). The Morgan fingerprint density at radius 3 is 2.65 bits per heavy atom. The van der Waals surface area contributed by atoms with Crippen LogP contribution in [0.2, 0.25) is 5.02 Å². The van der Waals surface area contributed by atoms with E-state index in [0.717, 1.165) is 0 Å². The normalized spacial score (nSPS) is 15.6. The van der Waals surface area contributed by atoms with E-state index in [1.807, 2.05) is 13.8 Å². The zero-order valence-corrected chi connectivity index (χ0v) is 19.6. The van der Waals surface area contributed by atoms with Gasteiger partial charge in [-0.25, -0.2) is 4.39 Å². The number of carbonyl (C=O) groups excluding carboxylic acids is 2. The summed E-state index contributed by atoms with van der Waals surface area (Å²) < 4.78 is 20.6. The molecule has 3 aromatic rings. The molecule has 1 unspecified atom stereocenters. The number of nitrogens with two attached hydrogens (primary N) is 1. The van der Waals surface area contributed by atoms with E-state index in [0.29, 0.717) is 35.3 Å². The van der Waals surface area contributed by atoms with Crippen molar-refractivity contribution in [2.24, 2.45) is 5.73 Å². The minimum absolute atomic E-state index is 0.173. The number of carbonyl (C=O) groups is 2. The number of hydrogen-bond donors (Lipinski definition) is 1. The lowest BCUT2D eigenvalue weighted by atomic mass is 9.98. The summed E-state index contributed by atoms with van der Waals surface area (Å²) in [5.41, 5.74) is 7.64. The number of fused-ring (bicyclic) bond motifs is 1. The number of rotatable bonds is 7. The second kappa shape index (κ2) is 9.81. The number of primary amides is 1. The van der Waals surface area contributed by atoms with Crippen molar-refractivity contribution in [1.82, 2.24) is 9.88 Å². The van der Waals surface area contributed by atoms with Crippen molar-refractivity contribution in [2.45, 2.75) is 44.9 Å². The summed E-state index contributed by atoms with van der Waals surface area (Å²) in [6.45, 7) is 3.72. The Morgan fingerprint density at radius 1 is 1.21 bits per heavy atom. The molecule has 2 aromatic carbocycles. The zero-order chi connectivity index (χ0) is 24.4. The minimum Gasteiger partial charge on any atom is -0.490 e. The predicted octanol–water partition coefficient (Wildman–Crippen LogP) is 5.02. The average molecular weight is 482 g/mol. The van der Waals surface area contributed by atoms with Gasteiger partial charge in [-0.1, -0.05) is 29.8 Å². The van der Waals surface area contributed by atoms with Gasteiger partial charge in [0.15, 0.2) is 0 Å². The summed E-state index contributed by atoms with van der Waals surface area (Å²) in [6, 6.07) is 11.3. The smallest absolute Gasteiger partial charge is 0.259 e. The van der Waals surface area contributed by atoms with Crippen molar-refractivity contribution in [3.8, 4) is 5.75 Å². The molecule has 0 saturated heterocycles. The van der Waals surface area contributed by atoms with E-state index in [2.05, 4.69) is 4.98 Å². The summed E-state index contributed by atoms with van der Waals surface area (Å²) in [7, 11) is 0. The SMILES string of the molecule is CC(C)Oc1ccccc1C(=O)N(C(C(N)=O)c1cccnc1)[C@@H]1CCc2c(F)cc(Cl)cc21. The van der Waals surface area contributed by atoms with Crippen molar-refractivity contribution in [3.05, 3.63) is 94.0 Å². The van der Waals surface area contributed by atoms with Gasteiger partial charge in [-0.2, -0.15) is 0 Å². The highest BCUT2D eigenvalue weighted by atomic mass is 35.5. The van der Waals surface area contributed by atoms with Crippen molar-refractivity contribution < 1.29 is 18.7 Å². The van der Waals surface area contributed by atoms with Gasteiger partial charge in [0.05, 0.1) is 17.7 Å². The highest BCUT2D eigenvalue weighted by Crippen LogP contribution is 2.43. The molecular formula is C26H25ClFN3O3. The quantitative estimate of drug-likeness (QED) is 0.513. The Morgan fingerprint density at radius 2 is 1.97 bits per heavy atom. The molecule has 6 nitrogen and oxygen atoms in total. The molecule has 1 aliphatic carbocycles. The summed E-state index contributed by atoms with van der Waals surface area (Å²) in [5, 5.41) is 0.219. The number of para-hydroxylation sites is 1. The summed E-state index contributed by atoms with van der Waals surface area (Å²) in [4.78, 5) is 32.5. The third kappa shape index (κ3) is 4.61. The topological polar surface area (TPSA) is 85.5 Å². The molecular weight excluding hydrogens is 457 g/mol. The largest absolute Gasteiger partial charge is 0.490 e. The minimum atomic E-state index is -1.13. The lowest BCUT2D eigenvalue weighted by Gasteiger charge is -2.36. The van der Waals surface area contributed by atoms with Crippen molar-refractivity contribution in [3.63, 3.8) is 0 Å². The van der Waals surface area contributed by atoms with Crippen molar-refractivity contribution in [2.75, 3.05) is 0 Å². The number of amides is 2. The first-order valence-corrected chi connectivity index (χ1v) is 11.4. The summed E-state index contributed by atoms with van der Waals surface area (Å²) >= 11 is 6.17. The Kier molecular flexibility index (Phi) is 6.84. The monoisotopic (exact) mass is 481 g/mol. The molecule has 0 aliphatic heterocycles. The molecule has 8 heteroatoms. The fraction of sp³-hybridized carbons (Fsp3) is 0.269. The number of hydrogen-bond acceptors (Lipinski definition) is 4. The highest BCUT2D eigenvalue weighted by Gasteiger charge is 2.41. The van der Waals surface area contributed by atoms with Crippen LogP contribution in [0, 0.1) is 5.82 Å². The highest BCUT2D eigenvalue weighted by molar-refractivity contribution is 6.30. The van der Waals surface area contributed by atoms with Gasteiger partial charge in [0, 0.05) is 23.0 Å². The van der Waals surface area contributed by atoms with E-state index in [1.54, 1.807) is 48.7 Å². The maximum Gasteiger partial charge on any atom is 0.259 e. The third-order valence-electron chi connectivity index (χ3n) is 5.82. The van der Waals surface area contributed by atoms with Gasteiger partial charge in [-0.15, -0.1) is 0 Å². The molecule has 1 aliphatic rings. The lowest BCUT2D eigenvalue weighted by molar-refractivity contribution is -0.123. The van der Waals surface area contributed by atoms with Crippen LogP contribution in [-0.4, -0.2) is 27.8 Å². The molecule has 0 bridgehead atoms. The van der Waals surface area contributed by atoms with Crippen LogP contribution in [0.3, 0.4) is 0 Å². The van der Waals surface area contributed by atoms with Gasteiger partial charge >= 0.3 is 0 Å². The zero-order valence-electron chi connectivity index (χ0n) is 18.9. The van der Waals surface area contributed by atoms with E-state index >= 15 is 0 Å². The maximum atomic E-state index is 14.7. The summed E-state index contributed by atoms with van der Waals surface area (Å²) in [5.74, 6) is -1.22. The van der Waals surface area contributed by atoms with Gasteiger partial charge < -0.3 is 15.4 Å². The van der Waals surface area contributed by atoms with Crippen LogP contribution in [0.5, 0.6) is 5.75 Å². The summed E-state index contributed by atoms with van der Waals surface area (Å²) in [6.07, 6.45) is 3.71. The van der Waals surface area contributed by atoms with Crippen LogP contribution in [0.15, 0.2) is 60.9 Å². The van der Waals surface area contributed by atoms with Crippen LogP contribution in [-0.2, 0) is 11.2 Å². The van der Waals surface area contributed by atoms with Crippen LogP contribution in [0.25, 0.3) is 0 Å². The molecule has 1 aromatic heterocycles.